The molecule has 0 saturated heterocycles. The fraction of sp³-hybridized carbons (Fsp3) is 0.500. The summed E-state index contributed by atoms with van der Waals surface area (Å²) in [6.07, 6.45) is 0. The van der Waals surface area contributed by atoms with Crippen LogP contribution >= 0.6 is 0 Å². The van der Waals surface area contributed by atoms with Crippen molar-refractivity contribution in [2.45, 2.75) is 40.5 Å². The van der Waals surface area contributed by atoms with Crippen LogP contribution in [-0.4, -0.2) is 15.0 Å². The zero-order chi connectivity index (χ0) is 11.2. The quantitative estimate of drug-likeness (QED) is 0.774. The molecule has 0 saturated carbocycles. The molecule has 3 nitrogen and oxygen atoms in total. The second-order valence-corrected chi connectivity index (χ2v) is 4.42. The minimum absolute atomic E-state index is 0.416. The highest BCUT2D eigenvalue weighted by Gasteiger charge is 2.11. The maximum Gasteiger partial charge on any atom is 0.178 e. The second kappa shape index (κ2) is 3.33. The Bertz CT molecular complexity index is 509. The largest absolute Gasteiger partial charge is 0.340 e. The van der Waals surface area contributed by atoms with Crippen LogP contribution in [0.15, 0.2) is 0 Å². The summed E-state index contributed by atoms with van der Waals surface area (Å²) in [4.78, 5) is 12.4. The summed E-state index contributed by atoms with van der Waals surface area (Å²) in [6.45, 7) is 10.5. The van der Waals surface area contributed by atoms with Crippen LogP contribution in [0.5, 0.6) is 0 Å². The number of imidazole rings is 1. The fourth-order valence-corrected chi connectivity index (χ4v) is 1.70. The van der Waals surface area contributed by atoms with E-state index in [1.807, 2.05) is 6.92 Å². The van der Waals surface area contributed by atoms with Crippen molar-refractivity contribution in [3.8, 4) is 0 Å². The normalized spacial score (nSPS) is 11.6. The Kier molecular flexibility index (Phi) is 2.25. The summed E-state index contributed by atoms with van der Waals surface area (Å²) in [5, 5.41) is 0. The van der Waals surface area contributed by atoms with Gasteiger partial charge >= 0.3 is 0 Å². The maximum atomic E-state index is 4.51. The number of hydrogen-bond donors (Lipinski definition) is 1. The van der Waals surface area contributed by atoms with Gasteiger partial charge in [-0.2, -0.15) is 0 Å². The second-order valence-electron chi connectivity index (χ2n) is 4.42. The highest BCUT2D eigenvalue weighted by Crippen LogP contribution is 2.22. The average molecular weight is 203 g/mol. The Hall–Kier alpha value is -1.38. The predicted molar refractivity (Wildman–Crippen MR) is 62.2 cm³/mol. The summed E-state index contributed by atoms with van der Waals surface area (Å²) in [6, 6.07) is 0. The lowest BCUT2D eigenvalue weighted by Gasteiger charge is -2.03. The van der Waals surface area contributed by atoms with Gasteiger partial charge in [-0.3, -0.25) is 0 Å². The molecule has 0 aromatic carbocycles. The number of aromatic amines is 1. The third-order valence-electron chi connectivity index (χ3n) is 3.00. The van der Waals surface area contributed by atoms with E-state index in [0.717, 1.165) is 22.7 Å². The monoisotopic (exact) mass is 203 g/mol. The van der Waals surface area contributed by atoms with Crippen LogP contribution < -0.4 is 0 Å². The van der Waals surface area contributed by atoms with E-state index >= 15 is 0 Å². The first-order valence-corrected chi connectivity index (χ1v) is 5.34. The Labute approximate surface area is 90.0 Å². The Morgan fingerprint density at radius 2 is 1.67 bits per heavy atom. The Morgan fingerprint density at radius 1 is 1.00 bits per heavy atom. The molecule has 3 heteroatoms. The van der Waals surface area contributed by atoms with Crippen LogP contribution in [0.2, 0.25) is 0 Å². The van der Waals surface area contributed by atoms with E-state index in [0.29, 0.717) is 5.92 Å². The minimum atomic E-state index is 0.416. The van der Waals surface area contributed by atoms with Crippen molar-refractivity contribution in [3.05, 3.63) is 22.6 Å². The third-order valence-corrected chi connectivity index (χ3v) is 3.00. The smallest absolute Gasteiger partial charge is 0.178 e. The number of H-pyrrole nitrogens is 1. The van der Waals surface area contributed by atoms with Gasteiger partial charge in [0.25, 0.3) is 0 Å². The molecular formula is C12H17N3. The molecule has 0 amide bonds. The van der Waals surface area contributed by atoms with Crippen molar-refractivity contribution in [2.24, 2.45) is 0 Å². The lowest BCUT2D eigenvalue weighted by molar-refractivity contribution is 0.798. The number of aryl methyl sites for hydroxylation is 2. The molecule has 0 atom stereocenters. The summed E-state index contributed by atoms with van der Waals surface area (Å²) in [5.74, 6) is 1.44. The van der Waals surface area contributed by atoms with Gasteiger partial charge in [-0.15, -0.1) is 0 Å². The molecule has 2 aromatic rings. The molecule has 2 rings (SSSR count). The average Bonchev–Trinajstić information content (AvgIpc) is 2.58. The van der Waals surface area contributed by atoms with Gasteiger partial charge in [0.05, 0.1) is 5.52 Å². The zero-order valence-electron chi connectivity index (χ0n) is 9.97. The molecule has 0 bridgehead atoms. The highest BCUT2D eigenvalue weighted by atomic mass is 15.0. The van der Waals surface area contributed by atoms with Gasteiger partial charge < -0.3 is 4.98 Å². The molecule has 1 N–H and O–H groups in total. The van der Waals surface area contributed by atoms with Crippen LogP contribution in [0.4, 0.5) is 0 Å². The number of hydrogen-bond acceptors (Lipinski definition) is 2. The summed E-state index contributed by atoms with van der Waals surface area (Å²) >= 11 is 0. The van der Waals surface area contributed by atoms with Crippen molar-refractivity contribution in [3.63, 3.8) is 0 Å². The van der Waals surface area contributed by atoms with E-state index < -0.39 is 0 Å². The maximum absolute atomic E-state index is 4.51. The van der Waals surface area contributed by atoms with Gasteiger partial charge in [0.2, 0.25) is 0 Å². The molecule has 80 valence electrons. The summed E-state index contributed by atoms with van der Waals surface area (Å²) in [5.41, 5.74) is 5.52. The number of pyridine rings is 1. The molecule has 0 fully saturated rings. The molecule has 0 unspecified atom stereocenters. The van der Waals surface area contributed by atoms with Crippen molar-refractivity contribution in [1.29, 1.82) is 0 Å². The van der Waals surface area contributed by atoms with Gasteiger partial charge in [0, 0.05) is 11.6 Å². The molecule has 2 heterocycles. The van der Waals surface area contributed by atoms with E-state index in [2.05, 4.69) is 42.6 Å². The number of aromatic nitrogens is 3. The molecule has 2 aromatic heterocycles. The van der Waals surface area contributed by atoms with Gasteiger partial charge in [0.1, 0.15) is 5.82 Å². The molecule has 0 aliphatic rings. The first-order chi connectivity index (χ1) is 7.00. The molecule has 0 spiro atoms. The standard InChI is InChI=1S/C12H17N3/c1-6(2)11-14-10-8(4)7(3)9(5)13-12(10)15-11/h6H,1-5H3,(H,13,14,15). The predicted octanol–water partition coefficient (Wildman–Crippen LogP) is 3.01. The minimum Gasteiger partial charge on any atom is -0.340 e. The highest BCUT2D eigenvalue weighted by molar-refractivity contribution is 5.76. The zero-order valence-corrected chi connectivity index (χ0v) is 9.97. The summed E-state index contributed by atoms with van der Waals surface area (Å²) < 4.78 is 0. The fourth-order valence-electron chi connectivity index (χ4n) is 1.70. The molecular weight excluding hydrogens is 186 g/mol. The molecule has 0 aliphatic carbocycles. The van der Waals surface area contributed by atoms with E-state index in [4.69, 9.17) is 0 Å². The van der Waals surface area contributed by atoms with Gasteiger partial charge in [-0.25, -0.2) is 9.97 Å². The molecule has 0 aliphatic heterocycles. The number of fused-ring (bicyclic) bond motifs is 1. The number of nitrogens with zero attached hydrogens (tertiary/aromatic N) is 2. The third kappa shape index (κ3) is 1.52. The van der Waals surface area contributed by atoms with Gasteiger partial charge in [0.15, 0.2) is 5.65 Å². The lowest BCUT2D eigenvalue weighted by Crippen LogP contribution is -1.92. The van der Waals surface area contributed by atoms with Crippen LogP contribution in [0.3, 0.4) is 0 Å². The first kappa shape index (κ1) is 10.1. The van der Waals surface area contributed by atoms with Crippen molar-refractivity contribution >= 4 is 11.2 Å². The van der Waals surface area contributed by atoms with Crippen molar-refractivity contribution in [1.82, 2.24) is 15.0 Å². The van der Waals surface area contributed by atoms with E-state index in [1.165, 1.54) is 11.1 Å². The molecule has 15 heavy (non-hydrogen) atoms. The van der Waals surface area contributed by atoms with E-state index in [-0.39, 0.29) is 0 Å². The van der Waals surface area contributed by atoms with Crippen LogP contribution in [0.1, 0.15) is 42.4 Å². The Morgan fingerprint density at radius 3 is 2.27 bits per heavy atom. The number of rotatable bonds is 1. The van der Waals surface area contributed by atoms with Crippen molar-refractivity contribution < 1.29 is 0 Å². The van der Waals surface area contributed by atoms with Crippen LogP contribution in [-0.2, 0) is 0 Å². The van der Waals surface area contributed by atoms with E-state index in [9.17, 15) is 0 Å². The number of nitrogens with one attached hydrogen (secondary N) is 1. The first-order valence-electron chi connectivity index (χ1n) is 5.34. The topological polar surface area (TPSA) is 41.6 Å². The lowest BCUT2D eigenvalue weighted by atomic mass is 10.1. The van der Waals surface area contributed by atoms with Crippen LogP contribution in [0, 0.1) is 20.8 Å². The Balaban J connectivity index is 2.76. The summed E-state index contributed by atoms with van der Waals surface area (Å²) in [7, 11) is 0. The van der Waals surface area contributed by atoms with Gasteiger partial charge in [-0.05, 0) is 31.9 Å². The van der Waals surface area contributed by atoms with E-state index in [1.54, 1.807) is 0 Å². The molecule has 0 radical (unpaired) electrons. The van der Waals surface area contributed by atoms with Gasteiger partial charge in [-0.1, -0.05) is 13.8 Å². The SMILES string of the molecule is Cc1nc2nc(C(C)C)[nH]c2c(C)c1C. The van der Waals surface area contributed by atoms with Crippen molar-refractivity contribution in [2.75, 3.05) is 0 Å². The van der Waals surface area contributed by atoms with Crippen LogP contribution in [0.25, 0.3) is 11.2 Å².